The van der Waals surface area contributed by atoms with Gasteiger partial charge in [0.15, 0.2) is 5.82 Å². The van der Waals surface area contributed by atoms with E-state index in [9.17, 15) is 4.79 Å². The lowest BCUT2D eigenvalue weighted by atomic mass is 9.91. The lowest BCUT2D eigenvalue weighted by molar-refractivity contribution is -0.134. The van der Waals surface area contributed by atoms with E-state index >= 15 is 0 Å². The number of hydrogen-bond donors (Lipinski definition) is 0. The van der Waals surface area contributed by atoms with Crippen molar-refractivity contribution in [1.82, 2.24) is 14.9 Å². The lowest BCUT2D eigenvalue weighted by Gasteiger charge is -2.33. The SMILES string of the molecule is CCN(CC)c1nc(-c2ccccc2)nc2c1CN(C(=O)CC(C)(C)C)CC2. The fourth-order valence-corrected chi connectivity index (χ4v) is 3.68. The van der Waals surface area contributed by atoms with Gasteiger partial charge in [0.05, 0.1) is 12.2 Å². The summed E-state index contributed by atoms with van der Waals surface area (Å²) in [5, 5.41) is 0. The van der Waals surface area contributed by atoms with Crippen LogP contribution in [0, 0.1) is 5.41 Å². The molecule has 3 rings (SSSR count). The van der Waals surface area contributed by atoms with Crippen molar-refractivity contribution in [3.63, 3.8) is 0 Å². The third-order valence-corrected chi connectivity index (χ3v) is 5.17. The van der Waals surface area contributed by atoms with E-state index in [4.69, 9.17) is 9.97 Å². The number of aromatic nitrogens is 2. The summed E-state index contributed by atoms with van der Waals surface area (Å²) in [5.41, 5.74) is 3.21. The molecule has 0 saturated carbocycles. The average molecular weight is 381 g/mol. The molecule has 5 nitrogen and oxygen atoms in total. The van der Waals surface area contributed by atoms with Gasteiger partial charge in [-0.3, -0.25) is 4.79 Å². The first-order valence-electron chi connectivity index (χ1n) is 10.3. The Bertz CT molecular complexity index is 822. The molecule has 0 unspecified atom stereocenters. The van der Waals surface area contributed by atoms with E-state index in [1.54, 1.807) is 0 Å². The monoisotopic (exact) mass is 380 g/mol. The molecule has 0 radical (unpaired) electrons. The van der Waals surface area contributed by atoms with Gasteiger partial charge in [0.2, 0.25) is 5.91 Å². The largest absolute Gasteiger partial charge is 0.357 e. The molecular formula is C23H32N4O. The lowest BCUT2D eigenvalue weighted by Crippen LogP contribution is -2.39. The maximum Gasteiger partial charge on any atom is 0.223 e. The average Bonchev–Trinajstić information content (AvgIpc) is 2.67. The first-order valence-corrected chi connectivity index (χ1v) is 10.3. The van der Waals surface area contributed by atoms with Crippen molar-refractivity contribution >= 4 is 11.7 Å². The molecule has 2 heterocycles. The number of carbonyl (C=O) groups is 1. The van der Waals surface area contributed by atoms with Gasteiger partial charge in [-0.05, 0) is 19.3 Å². The molecule has 1 amide bonds. The Balaban J connectivity index is 1.99. The van der Waals surface area contributed by atoms with E-state index in [-0.39, 0.29) is 11.3 Å². The molecule has 1 aromatic carbocycles. The molecule has 0 N–H and O–H groups in total. The number of rotatable bonds is 5. The quantitative estimate of drug-likeness (QED) is 0.775. The Labute approximate surface area is 168 Å². The van der Waals surface area contributed by atoms with Crippen LogP contribution in [0.15, 0.2) is 30.3 Å². The van der Waals surface area contributed by atoms with E-state index < -0.39 is 0 Å². The van der Waals surface area contributed by atoms with Crippen LogP contribution in [0.4, 0.5) is 5.82 Å². The fraction of sp³-hybridized carbons (Fsp3) is 0.522. The third-order valence-electron chi connectivity index (χ3n) is 5.17. The van der Waals surface area contributed by atoms with Gasteiger partial charge in [0.25, 0.3) is 0 Å². The molecule has 0 spiro atoms. The highest BCUT2D eigenvalue weighted by Crippen LogP contribution is 2.31. The maximum atomic E-state index is 12.8. The summed E-state index contributed by atoms with van der Waals surface area (Å²) in [7, 11) is 0. The zero-order valence-electron chi connectivity index (χ0n) is 17.8. The predicted octanol–water partition coefficient (Wildman–Crippen LogP) is 4.31. The van der Waals surface area contributed by atoms with E-state index in [2.05, 4.69) is 51.7 Å². The second-order valence-electron chi connectivity index (χ2n) is 8.64. The van der Waals surface area contributed by atoms with Gasteiger partial charge in [-0.25, -0.2) is 9.97 Å². The molecular weight excluding hydrogens is 348 g/mol. The summed E-state index contributed by atoms with van der Waals surface area (Å²) in [6.45, 7) is 13.7. The van der Waals surface area contributed by atoms with Crippen LogP contribution in [0.2, 0.25) is 0 Å². The van der Waals surface area contributed by atoms with Gasteiger partial charge in [0, 0.05) is 43.6 Å². The minimum atomic E-state index is -0.00721. The van der Waals surface area contributed by atoms with Crippen molar-refractivity contribution in [3.8, 4) is 11.4 Å². The number of hydrogen-bond acceptors (Lipinski definition) is 4. The van der Waals surface area contributed by atoms with E-state index in [1.165, 1.54) is 0 Å². The Morgan fingerprint density at radius 1 is 1.11 bits per heavy atom. The first kappa shape index (κ1) is 20.3. The molecule has 1 aromatic heterocycles. The third kappa shape index (κ3) is 4.51. The molecule has 150 valence electrons. The van der Waals surface area contributed by atoms with Crippen LogP contribution in [0.5, 0.6) is 0 Å². The second-order valence-corrected chi connectivity index (χ2v) is 8.64. The van der Waals surface area contributed by atoms with Crippen molar-refractivity contribution < 1.29 is 4.79 Å². The van der Waals surface area contributed by atoms with Crippen molar-refractivity contribution in [3.05, 3.63) is 41.6 Å². The molecule has 0 atom stereocenters. The minimum Gasteiger partial charge on any atom is -0.357 e. The molecule has 0 bridgehead atoms. The zero-order valence-corrected chi connectivity index (χ0v) is 17.8. The summed E-state index contributed by atoms with van der Waals surface area (Å²) < 4.78 is 0. The Kier molecular flexibility index (Phi) is 6.01. The van der Waals surface area contributed by atoms with Gasteiger partial charge in [-0.15, -0.1) is 0 Å². The van der Waals surface area contributed by atoms with E-state index in [0.717, 1.165) is 54.5 Å². The summed E-state index contributed by atoms with van der Waals surface area (Å²) >= 11 is 0. The van der Waals surface area contributed by atoms with Crippen LogP contribution >= 0.6 is 0 Å². The smallest absolute Gasteiger partial charge is 0.223 e. The van der Waals surface area contributed by atoms with Gasteiger partial charge in [-0.1, -0.05) is 51.1 Å². The molecule has 28 heavy (non-hydrogen) atoms. The Morgan fingerprint density at radius 3 is 2.39 bits per heavy atom. The highest BCUT2D eigenvalue weighted by molar-refractivity contribution is 5.77. The van der Waals surface area contributed by atoms with Crippen molar-refractivity contribution in [2.75, 3.05) is 24.5 Å². The van der Waals surface area contributed by atoms with Gasteiger partial charge in [-0.2, -0.15) is 0 Å². The number of nitrogens with zero attached hydrogens (tertiary/aromatic N) is 4. The van der Waals surface area contributed by atoms with Crippen LogP contribution in [0.3, 0.4) is 0 Å². The topological polar surface area (TPSA) is 49.3 Å². The van der Waals surface area contributed by atoms with Crippen LogP contribution < -0.4 is 4.90 Å². The van der Waals surface area contributed by atoms with Crippen LogP contribution in [-0.4, -0.2) is 40.4 Å². The zero-order chi connectivity index (χ0) is 20.3. The first-order chi connectivity index (χ1) is 13.3. The van der Waals surface area contributed by atoms with Gasteiger partial charge >= 0.3 is 0 Å². The minimum absolute atomic E-state index is 0.00721. The summed E-state index contributed by atoms with van der Waals surface area (Å²) in [6, 6.07) is 10.1. The van der Waals surface area contributed by atoms with Crippen LogP contribution in [-0.2, 0) is 17.8 Å². The predicted molar refractivity (Wildman–Crippen MR) is 114 cm³/mol. The molecule has 5 heteroatoms. The summed E-state index contributed by atoms with van der Waals surface area (Å²) in [4.78, 5) is 26.9. The summed E-state index contributed by atoms with van der Waals surface area (Å²) in [5.74, 6) is 1.97. The number of amides is 1. The van der Waals surface area contributed by atoms with Crippen molar-refractivity contribution in [2.24, 2.45) is 5.41 Å². The maximum absolute atomic E-state index is 12.8. The Hall–Kier alpha value is -2.43. The number of benzene rings is 1. The molecule has 1 aliphatic rings. The molecule has 1 aliphatic heterocycles. The second kappa shape index (κ2) is 8.29. The number of carbonyl (C=O) groups excluding carboxylic acids is 1. The van der Waals surface area contributed by atoms with Crippen LogP contribution in [0.1, 0.15) is 52.3 Å². The van der Waals surface area contributed by atoms with Crippen LogP contribution in [0.25, 0.3) is 11.4 Å². The van der Waals surface area contributed by atoms with E-state index in [1.807, 2.05) is 23.1 Å². The molecule has 0 saturated heterocycles. The van der Waals surface area contributed by atoms with Gasteiger partial charge in [0.1, 0.15) is 5.82 Å². The van der Waals surface area contributed by atoms with Gasteiger partial charge < -0.3 is 9.80 Å². The fourth-order valence-electron chi connectivity index (χ4n) is 3.68. The summed E-state index contributed by atoms with van der Waals surface area (Å²) in [6.07, 6.45) is 1.34. The normalized spacial score (nSPS) is 14.0. The molecule has 0 aliphatic carbocycles. The highest BCUT2D eigenvalue weighted by atomic mass is 16.2. The molecule has 2 aromatic rings. The number of anilines is 1. The molecule has 0 fully saturated rings. The highest BCUT2D eigenvalue weighted by Gasteiger charge is 2.29. The van der Waals surface area contributed by atoms with E-state index in [0.29, 0.717) is 13.0 Å². The Morgan fingerprint density at radius 2 is 1.79 bits per heavy atom. The van der Waals surface area contributed by atoms with Crippen molar-refractivity contribution in [1.29, 1.82) is 0 Å². The standard InChI is InChI=1S/C23H32N4O/c1-6-26(7-2)22-18-16-27(20(28)15-23(3,4)5)14-13-19(18)24-21(25-22)17-11-9-8-10-12-17/h8-12H,6-7,13-16H2,1-5H3. The number of fused-ring (bicyclic) bond motifs is 1. The van der Waals surface area contributed by atoms with Crippen molar-refractivity contribution in [2.45, 2.75) is 54.0 Å².